The van der Waals surface area contributed by atoms with E-state index >= 15 is 0 Å². The van der Waals surface area contributed by atoms with E-state index in [1.807, 2.05) is 51.1 Å². The normalized spacial score (nSPS) is 10.9. The van der Waals surface area contributed by atoms with E-state index in [4.69, 9.17) is 4.74 Å². The molecule has 0 saturated carbocycles. The van der Waals surface area contributed by atoms with Crippen molar-refractivity contribution in [2.24, 2.45) is 5.41 Å². The average Bonchev–Trinajstić information content (AvgIpc) is 2.18. The van der Waals surface area contributed by atoms with Gasteiger partial charge in [-0.1, -0.05) is 39.0 Å². The lowest BCUT2D eigenvalue weighted by Crippen LogP contribution is -2.37. The van der Waals surface area contributed by atoms with Gasteiger partial charge in [-0.15, -0.1) is 0 Å². The van der Waals surface area contributed by atoms with Crippen LogP contribution in [0.3, 0.4) is 0 Å². The Kier molecular flexibility index (Phi) is 3.72. The molecule has 1 rings (SSSR count). The second-order valence-electron chi connectivity index (χ2n) is 4.36. The summed E-state index contributed by atoms with van der Waals surface area (Å²) in [6.45, 7) is 5.81. The Morgan fingerprint density at radius 1 is 1.27 bits per heavy atom. The van der Waals surface area contributed by atoms with Crippen molar-refractivity contribution in [1.82, 2.24) is 5.32 Å². The Labute approximate surface area is 90.4 Å². The summed E-state index contributed by atoms with van der Waals surface area (Å²) >= 11 is 0. The topological polar surface area (TPSA) is 38.3 Å². The molecule has 0 atom stereocenters. The number of carbonyl (C=O) groups excluding carboxylic acids is 1. The maximum Gasteiger partial charge on any atom is 0.227 e. The molecule has 0 saturated heterocycles. The molecule has 0 bridgehead atoms. The molecule has 0 radical (unpaired) electrons. The molecule has 1 N–H and O–H groups in total. The summed E-state index contributed by atoms with van der Waals surface area (Å²) in [5, 5.41) is 2.71. The zero-order chi connectivity index (χ0) is 11.3. The Hall–Kier alpha value is -1.51. The summed E-state index contributed by atoms with van der Waals surface area (Å²) in [5.74, 6) is 0.741. The van der Waals surface area contributed by atoms with Crippen LogP contribution in [0.2, 0.25) is 0 Å². The van der Waals surface area contributed by atoms with E-state index in [1.165, 1.54) is 0 Å². The molecule has 82 valence electrons. The number of amides is 1. The highest BCUT2D eigenvalue weighted by atomic mass is 16.5. The molecule has 0 aliphatic carbocycles. The monoisotopic (exact) mass is 207 g/mol. The SMILES string of the molecule is CC(C)(C)C(=O)NCOc1ccccc1. The number of hydrogen-bond donors (Lipinski definition) is 1. The molecular formula is C12H17NO2. The van der Waals surface area contributed by atoms with Gasteiger partial charge in [0.15, 0.2) is 6.73 Å². The van der Waals surface area contributed by atoms with Crippen LogP contribution in [0.1, 0.15) is 20.8 Å². The maximum atomic E-state index is 11.5. The van der Waals surface area contributed by atoms with E-state index in [-0.39, 0.29) is 18.1 Å². The summed E-state index contributed by atoms with van der Waals surface area (Å²) in [6.07, 6.45) is 0. The minimum absolute atomic E-state index is 0.0153. The molecule has 0 aliphatic heterocycles. The minimum Gasteiger partial charge on any atom is -0.473 e. The largest absolute Gasteiger partial charge is 0.473 e. The van der Waals surface area contributed by atoms with Gasteiger partial charge >= 0.3 is 0 Å². The van der Waals surface area contributed by atoms with Gasteiger partial charge in [0.25, 0.3) is 0 Å². The van der Waals surface area contributed by atoms with Crippen molar-refractivity contribution in [3.63, 3.8) is 0 Å². The fourth-order valence-corrected chi connectivity index (χ4v) is 0.967. The molecule has 0 aliphatic rings. The first-order valence-corrected chi connectivity index (χ1v) is 4.96. The first-order chi connectivity index (χ1) is 7.00. The highest BCUT2D eigenvalue weighted by Crippen LogP contribution is 2.12. The summed E-state index contributed by atoms with van der Waals surface area (Å²) in [5.41, 5.74) is -0.375. The Morgan fingerprint density at radius 3 is 2.40 bits per heavy atom. The lowest BCUT2D eigenvalue weighted by Gasteiger charge is -2.17. The standard InChI is InChI=1S/C12H17NO2/c1-12(2,3)11(14)13-9-15-10-7-5-4-6-8-10/h4-8H,9H2,1-3H3,(H,13,14). The molecule has 0 heterocycles. The van der Waals surface area contributed by atoms with Gasteiger partial charge in [-0.2, -0.15) is 0 Å². The number of nitrogens with one attached hydrogen (secondary N) is 1. The van der Waals surface area contributed by atoms with Crippen LogP contribution in [0.25, 0.3) is 0 Å². The minimum atomic E-state index is -0.375. The summed E-state index contributed by atoms with van der Waals surface area (Å²) in [6, 6.07) is 9.40. The zero-order valence-electron chi connectivity index (χ0n) is 9.41. The molecule has 1 aromatic rings. The molecule has 0 fully saturated rings. The number of para-hydroxylation sites is 1. The molecular weight excluding hydrogens is 190 g/mol. The first-order valence-electron chi connectivity index (χ1n) is 4.96. The summed E-state index contributed by atoms with van der Waals surface area (Å²) in [7, 11) is 0. The molecule has 0 spiro atoms. The van der Waals surface area contributed by atoms with Crippen molar-refractivity contribution in [2.45, 2.75) is 20.8 Å². The Balaban J connectivity index is 2.32. The van der Waals surface area contributed by atoms with Gasteiger partial charge in [0.2, 0.25) is 5.91 Å². The second-order valence-corrected chi connectivity index (χ2v) is 4.36. The zero-order valence-corrected chi connectivity index (χ0v) is 9.41. The van der Waals surface area contributed by atoms with Crippen LogP contribution < -0.4 is 10.1 Å². The Morgan fingerprint density at radius 2 is 1.87 bits per heavy atom. The fraction of sp³-hybridized carbons (Fsp3) is 0.417. The van der Waals surface area contributed by atoms with Crippen molar-refractivity contribution < 1.29 is 9.53 Å². The predicted octanol–water partition coefficient (Wildman–Crippen LogP) is 2.19. The van der Waals surface area contributed by atoms with Gasteiger partial charge in [0, 0.05) is 5.41 Å². The van der Waals surface area contributed by atoms with E-state index in [2.05, 4.69) is 5.32 Å². The number of ether oxygens (including phenoxy) is 1. The molecule has 1 amide bonds. The molecule has 1 aromatic carbocycles. The highest BCUT2D eigenvalue weighted by molar-refractivity contribution is 5.81. The van der Waals surface area contributed by atoms with Crippen LogP contribution in [0.15, 0.2) is 30.3 Å². The summed E-state index contributed by atoms with van der Waals surface area (Å²) in [4.78, 5) is 11.5. The van der Waals surface area contributed by atoms with Gasteiger partial charge in [0.1, 0.15) is 5.75 Å². The smallest absolute Gasteiger partial charge is 0.227 e. The van der Waals surface area contributed by atoms with Crippen molar-refractivity contribution in [3.8, 4) is 5.75 Å². The Bertz CT molecular complexity index is 314. The highest BCUT2D eigenvalue weighted by Gasteiger charge is 2.20. The van der Waals surface area contributed by atoms with Crippen LogP contribution in [-0.4, -0.2) is 12.6 Å². The van der Waals surface area contributed by atoms with Crippen LogP contribution in [0.5, 0.6) is 5.75 Å². The molecule has 3 nitrogen and oxygen atoms in total. The van der Waals surface area contributed by atoms with Crippen LogP contribution in [-0.2, 0) is 4.79 Å². The molecule has 3 heteroatoms. The second kappa shape index (κ2) is 4.82. The third-order valence-corrected chi connectivity index (χ3v) is 1.90. The van der Waals surface area contributed by atoms with Gasteiger partial charge < -0.3 is 10.1 Å². The van der Waals surface area contributed by atoms with E-state index in [0.717, 1.165) is 5.75 Å². The predicted molar refractivity (Wildman–Crippen MR) is 59.5 cm³/mol. The van der Waals surface area contributed by atoms with Crippen LogP contribution >= 0.6 is 0 Å². The lowest BCUT2D eigenvalue weighted by atomic mass is 9.96. The molecule has 15 heavy (non-hydrogen) atoms. The van der Waals surface area contributed by atoms with Gasteiger partial charge in [-0.05, 0) is 12.1 Å². The van der Waals surface area contributed by atoms with Crippen molar-refractivity contribution in [1.29, 1.82) is 0 Å². The number of carbonyl (C=O) groups is 1. The van der Waals surface area contributed by atoms with Crippen molar-refractivity contribution >= 4 is 5.91 Å². The van der Waals surface area contributed by atoms with Gasteiger partial charge in [-0.25, -0.2) is 0 Å². The van der Waals surface area contributed by atoms with Crippen LogP contribution in [0.4, 0.5) is 0 Å². The van der Waals surface area contributed by atoms with E-state index in [1.54, 1.807) is 0 Å². The number of rotatable bonds is 3. The molecule has 0 aromatic heterocycles. The molecule has 0 unspecified atom stereocenters. The van der Waals surface area contributed by atoms with Gasteiger partial charge in [-0.3, -0.25) is 4.79 Å². The fourth-order valence-electron chi connectivity index (χ4n) is 0.967. The third-order valence-electron chi connectivity index (χ3n) is 1.90. The number of benzene rings is 1. The van der Waals surface area contributed by atoms with Crippen LogP contribution in [0, 0.1) is 5.41 Å². The van der Waals surface area contributed by atoms with E-state index in [9.17, 15) is 4.79 Å². The quantitative estimate of drug-likeness (QED) is 0.771. The van der Waals surface area contributed by atoms with Gasteiger partial charge in [0.05, 0.1) is 0 Å². The first kappa shape index (κ1) is 11.6. The average molecular weight is 207 g/mol. The number of hydrogen-bond acceptors (Lipinski definition) is 2. The third kappa shape index (κ3) is 4.02. The maximum absolute atomic E-state index is 11.5. The van der Waals surface area contributed by atoms with E-state index in [0.29, 0.717) is 0 Å². The van der Waals surface area contributed by atoms with Crippen molar-refractivity contribution in [2.75, 3.05) is 6.73 Å². The summed E-state index contributed by atoms with van der Waals surface area (Å²) < 4.78 is 5.34. The lowest BCUT2D eigenvalue weighted by molar-refractivity contribution is -0.129. The van der Waals surface area contributed by atoms with E-state index < -0.39 is 0 Å². The van der Waals surface area contributed by atoms with Crippen molar-refractivity contribution in [3.05, 3.63) is 30.3 Å².